The molecule has 0 unspecified atom stereocenters. The number of halogens is 1. The molecule has 0 aliphatic rings. The van der Waals surface area contributed by atoms with Crippen molar-refractivity contribution in [3.63, 3.8) is 0 Å². The van der Waals surface area contributed by atoms with Crippen LogP contribution < -0.4 is 0 Å². The number of aromatic carboxylic acids is 1. The van der Waals surface area contributed by atoms with Gasteiger partial charge in [0, 0.05) is 0 Å². The molecule has 0 spiro atoms. The zero-order valence-corrected chi connectivity index (χ0v) is 9.62. The fourth-order valence-corrected chi connectivity index (χ4v) is 2.71. The summed E-state index contributed by atoms with van der Waals surface area (Å²) in [5.74, 6) is -1.73. The number of carbonyl (C=O) groups is 1. The first-order valence-corrected chi connectivity index (χ1v) is 6.28. The lowest BCUT2D eigenvalue weighted by Crippen LogP contribution is -2.11. The third kappa shape index (κ3) is 2.72. The highest BCUT2D eigenvalue weighted by molar-refractivity contribution is 7.91. The Labute approximate surface area is 97.2 Å². The quantitative estimate of drug-likeness (QED) is 0.839. The molecular weight excluding hydrogens is 256 g/mol. The number of carboxylic acids is 1. The predicted octanol–water partition coefficient (Wildman–Crippen LogP) is 0.804. The first kappa shape index (κ1) is 13.0. The van der Waals surface area contributed by atoms with Crippen LogP contribution >= 0.6 is 11.6 Å². The summed E-state index contributed by atoms with van der Waals surface area (Å²) in [6.45, 7) is -0.546. The van der Waals surface area contributed by atoms with Gasteiger partial charge >= 0.3 is 5.97 Å². The van der Waals surface area contributed by atoms with E-state index in [4.69, 9.17) is 21.8 Å². The zero-order chi connectivity index (χ0) is 12.3. The van der Waals surface area contributed by atoms with Gasteiger partial charge in [0.2, 0.25) is 0 Å². The van der Waals surface area contributed by atoms with Crippen molar-refractivity contribution in [2.75, 3.05) is 12.4 Å². The number of hydrogen-bond donors (Lipinski definition) is 2. The predicted molar refractivity (Wildman–Crippen MR) is 57.5 cm³/mol. The molecule has 1 rings (SSSR count). The molecule has 0 aromatic heterocycles. The van der Waals surface area contributed by atoms with E-state index >= 15 is 0 Å². The van der Waals surface area contributed by atoms with Crippen LogP contribution in [0.2, 0.25) is 5.02 Å². The van der Waals surface area contributed by atoms with Crippen LogP contribution in [0.15, 0.2) is 23.1 Å². The highest BCUT2D eigenvalue weighted by atomic mass is 35.5. The molecule has 0 bridgehead atoms. The van der Waals surface area contributed by atoms with Crippen LogP contribution in [-0.4, -0.2) is 37.0 Å². The van der Waals surface area contributed by atoms with Gasteiger partial charge in [0.15, 0.2) is 9.84 Å². The average Bonchev–Trinajstić information content (AvgIpc) is 2.17. The number of sulfone groups is 1. The maximum absolute atomic E-state index is 11.6. The van der Waals surface area contributed by atoms with Gasteiger partial charge < -0.3 is 10.2 Å². The second-order valence-electron chi connectivity index (χ2n) is 2.99. The van der Waals surface area contributed by atoms with Crippen molar-refractivity contribution in [2.45, 2.75) is 4.90 Å². The number of rotatable bonds is 4. The summed E-state index contributed by atoms with van der Waals surface area (Å²) in [5.41, 5.74) is -0.166. The van der Waals surface area contributed by atoms with E-state index in [9.17, 15) is 13.2 Å². The molecule has 7 heteroatoms. The molecule has 0 heterocycles. The zero-order valence-electron chi connectivity index (χ0n) is 8.05. The third-order valence-electron chi connectivity index (χ3n) is 1.87. The Balaban J connectivity index is 3.33. The van der Waals surface area contributed by atoms with E-state index in [2.05, 4.69) is 0 Å². The molecule has 2 N–H and O–H groups in total. The van der Waals surface area contributed by atoms with Crippen molar-refractivity contribution < 1.29 is 23.4 Å². The molecule has 1 aromatic rings. The summed E-state index contributed by atoms with van der Waals surface area (Å²) in [7, 11) is -3.74. The molecule has 0 aliphatic heterocycles. The summed E-state index contributed by atoms with van der Waals surface area (Å²) in [6, 6.07) is 3.40. The minimum absolute atomic E-state index is 0.0570. The number of aliphatic hydroxyl groups is 1. The van der Waals surface area contributed by atoms with Crippen molar-refractivity contribution in [1.29, 1.82) is 0 Å². The summed E-state index contributed by atoms with van der Waals surface area (Å²) >= 11 is 5.67. The number of benzene rings is 1. The topological polar surface area (TPSA) is 91.7 Å². The van der Waals surface area contributed by atoms with Crippen LogP contribution in [0.3, 0.4) is 0 Å². The van der Waals surface area contributed by atoms with Gasteiger partial charge in [-0.05, 0) is 18.2 Å². The standard InChI is InChI=1S/C9H9ClO5S/c10-7-2-1-6(9(12)13)5-8(7)16(14,15)4-3-11/h1-2,5,11H,3-4H2,(H,12,13). The van der Waals surface area contributed by atoms with Crippen molar-refractivity contribution in [3.05, 3.63) is 28.8 Å². The first-order chi connectivity index (χ1) is 7.38. The van der Waals surface area contributed by atoms with E-state index in [1.807, 2.05) is 0 Å². The maximum Gasteiger partial charge on any atom is 0.335 e. The molecule has 0 aliphatic carbocycles. The SMILES string of the molecule is O=C(O)c1ccc(Cl)c(S(=O)(=O)CCO)c1. The Morgan fingerprint density at radius 3 is 2.50 bits per heavy atom. The van der Waals surface area contributed by atoms with Crippen molar-refractivity contribution in [3.8, 4) is 0 Å². The fourth-order valence-electron chi connectivity index (χ4n) is 1.10. The lowest BCUT2D eigenvalue weighted by Gasteiger charge is -2.05. The van der Waals surface area contributed by atoms with Gasteiger partial charge in [0.05, 0.1) is 27.8 Å². The Morgan fingerprint density at radius 2 is 2.00 bits per heavy atom. The summed E-state index contributed by atoms with van der Waals surface area (Å²) in [5, 5.41) is 17.2. The smallest absolute Gasteiger partial charge is 0.335 e. The van der Waals surface area contributed by atoms with Crippen molar-refractivity contribution in [1.82, 2.24) is 0 Å². The van der Waals surface area contributed by atoms with Gasteiger partial charge in [-0.1, -0.05) is 11.6 Å². The summed E-state index contributed by atoms with van der Waals surface area (Å²) < 4.78 is 23.2. The Hall–Kier alpha value is -1.11. The van der Waals surface area contributed by atoms with E-state index < -0.39 is 28.2 Å². The molecule has 0 amide bonds. The van der Waals surface area contributed by atoms with Gasteiger partial charge in [-0.15, -0.1) is 0 Å². The van der Waals surface area contributed by atoms with Gasteiger partial charge in [0.25, 0.3) is 0 Å². The van der Waals surface area contributed by atoms with E-state index in [1.54, 1.807) is 0 Å². The monoisotopic (exact) mass is 264 g/mol. The second kappa shape index (κ2) is 4.82. The van der Waals surface area contributed by atoms with Crippen LogP contribution in [0.4, 0.5) is 0 Å². The normalized spacial score (nSPS) is 11.4. The molecule has 0 fully saturated rings. The van der Waals surface area contributed by atoms with Crippen molar-refractivity contribution in [2.24, 2.45) is 0 Å². The van der Waals surface area contributed by atoms with E-state index in [0.717, 1.165) is 6.07 Å². The first-order valence-electron chi connectivity index (χ1n) is 4.25. The highest BCUT2D eigenvalue weighted by Crippen LogP contribution is 2.23. The van der Waals surface area contributed by atoms with E-state index in [1.165, 1.54) is 12.1 Å². The lowest BCUT2D eigenvalue weighted by molar-refractivity contribution is 0.0696. The molecular formula is C9H9ClO5S. The highest BCUT2D eigenvalue weighted by Gasteiger charge is 2.19. The van der Waals surface area contributed by atoms with Crippen LogP contribution in [0, 0.1) is 0 Å². The van der Waals surface area contributed by atoms with Gasteiger partial charge in [0.1, 0.15) is 0 Å². The van der Waals surface area contributed by atoms with Crippen LogP contribution in [0.25, 0.3) is 0 Å². The molecule has 16 heavy (non-hydrogen) atoms. The van der Waals surface area contributed by atoms with Gasteiger partial charge in [-0.25, -0.2) is 13.2 Å². The lowest BCUT2D eigenvalue weighted by atomic mass is 10.2. The molecule has 5 nitrogen and oxygen atoms in total. The minimum Gasteiger partial charge on any atom is -0.478 e. The Morgan fingerprint density at radius 1 is 1.38 bits per heavy atom. The largest absolute Gasteiger partial charge is 0.478 e. The maximum atomic E-state index is 11.6. The van der Waals surface area contributed by atoms with Crippen LogP contribution in [0.1, 0.15) is 10.4 Å². The van der Waals surface area contributed by atoms with Crippen molar-refractivity contribution >= 4 is 27.4 Å². The summed E-state index contributed by atoms with van der Waals surface area (Å²) in [6.07, 6.45) is 0. The van der Waals surface area contributed by atoms with Crippen LogP contribution in [-0.2, 0) is 9.84 Å². The number of hydrogen-bond acceptors (Lipinski definition) is 4. The van der Waals surface area contributed by atoms with E-state index in [-0.39, 0.29) is 15.5 Å². The number of carboxylic acid groups (broad SMARTS) is 1. The Bertz CT molecular complexity index is 509. The molecule has 0 saturated heterocycles. The fraction of sp³-hybridized carbons (Fsp3) is 0.222. The second-order valence-corrected chi connectivity index (χ2v) is 5.48. The number of aliphatic hydroxyl groups excluding tert-OH is 1. The molecule has 0 atom stereocenters. The molecule has 1 aromatic carbocycles. The van der Waals surface area contributed by atoms with E-state index in [0.29, 0.717) is 0 Å². The molecule has 88 valence electrons. The molecule has 0 radical (unpaired) electrons. The third-order valence-corrected chi connectivity index (χ3v) is 4.04. The minimum atomic E-state index is -3.74. The van der Waals surface area contributed by atoms with Gasteiger partial charge in [-0.2, -0.15) is 0 Å². The summed E-state index contributed by atoms with van der Waals surface area (Å²) in [4.78, 5) is 10.4. The molecule has 0 saturated carbocycles. The van der Waals surface area contributed by atoms with Crippen LogP contribution in [0.5, 0.6) is 0 Å². The van der Waals surface area contributed by atoms with Gasteiger partial charge in [-0.3, -0.25) is 0 Å². The average molecular weight is 265 g/mol. The Kier molecular flexibility index (Phi) is 3.90.